The molecule has 4 rings (SSSR count). The fourth-order valence-electron chi connectivity index (χ4n) is 3.44. The van der Waals surface area contributed by atoms with Crippen molar-refractivity contribution in [2.24, 2.45) is 0 Å². The molecule has 0 spiro atoms. The highest BCUT2D eigenvalue weighted by Gasteiger charge is 2.23. The number of pyridine rings is 1. The number of hydrogen-bond acceptors (Lipinski definition) is 7. The first-order valence-corrected chi connectivity index (χ1v) is 10.7. The van der Waals surface area contributed by atoms with Gasteiger partial charge in [-0.1, -0.05) is 31.5 Å². The predicted octanol–water partition coefficient (Wildman–Crippen LogP) is 2.90. The molecule has 3 aromatic rings. The van der Waals surface area contributed by atoms with Crippen LogP contribution in [0.3, 0.4) is 0 Å². The highest BCUT2D eigenvalue weighted by Crippen LogP contribution is 2.26. The van der Waals surface area contributed by atoms with Gasteiger partial charge >= 0.3 is 6.03 Å². The Balaban J connectivity index is 1.61. The number of benzene rings is 1. The number of urea groups is 1. The molecular formula is C22H28N8O. The van der Waals surface area contributed by atoms with Gasteiger partial charge in [0.1, 0.15) is 5.82 Å². The molecule has 2 aromatic heterocycles. The first-order valence-electron chi connectivity index (χ1n) is 10.7. The predicted molar refractivity (Wildman–Crippen MR) is 122 cm³/mol. The monoisotopic (exact) mass is 420 g/mol. The van der Waals surface area contributed by atoms with E-state index in [1.165, 1.54) is 0 Å². The van der Waals surface area contributed by atoms with Gasteiger partial charge in [0.25, 0.3) is 0 Å². The number of carbonyl (C=O) groups excluding carboxylic acids is 1. The minimum absolute atomic E-state index is 0.263. The third-order valence-electron chi connectivity index (χ3n) is 5.05. The first-order chi connectivity index (χ1) is 15.2. The Hall–Kier alpha value is -3.30. The molecule has 0 radical (unpaired) electrons. The van der Waals surface area contributed by atoms with Crippen LogP contribution in [0.2, 0.25) is 0 Å². The van der Waals surface area contributed by atoms with Crippen LogP contribution in [0.5, 0.6) is 0 Å². The van der Waals surface area contributed by atoms with Crippen LogP contribution < -0.4 is 21.0 Å². The number of nitrogens with zero attached hydrogens (tertiary/aromatic N) is 5. The van der Waals surface area contributed by atoms with E-state index in [1.54, 1.807) is 12.3 Å². The van der Waals surface area contributed by atoms with E-state index in [1.807, 2.05) is 41.4 Å². The Bertz CT molecular complexity index is 1010. The molecule has 9 nitrogen and oxygen atoms in total. The van der Waals surface area contributed by atoms with Crippen LogP contribution in [0.15, 0.2) is 48.7 Å². The molecule has 2 amide bonds. The SMILES string of the molecule is CCCCNC(=O)Nc1ccc2cnc(N(c3ccccc3)N3CCNCC3)nc2n1. The zero-order valence-corrected chi connectivity index (χ0v) is 17.7. The average Bonchev–Trinajstić information content (AvgIpc) is 2.81. The lowest BCUT2D eigenvalue weighted by atomic mass is 10.3. The molecule has 1 aromatic carbocycles. The summed E-state index contributed by atoms with van der Waals surface area (Å²) in [5.74, 6) is 1.01. The number of fused-ring (bicyclic) bond motifs is 1. The minimum Gasteiger partial charge on any atom is -0.338 e. The number of aromatic nitrogens is 3. The topological polar surface area (TPSA) is 98.3 Å². The van der Waals surface area contributed by atoms with Gasteiger partial charge in [0.15, 0.2) is 5.65 Å². The lowest BCUT2D eigenvalue weighted by Crippen LogP contribution is -2.51. The number of unbranched alkanes of at least 4 members (excludes halogenated alkanes) is 1. The summed E-state index contributed by atoms with van der Waals surface area (Å²) in [6.07, 6.45) is 3.74. The van der Waals surface area contributed by atoms with Crippen LogP contribution in [0.1, 0.15) is 19.8 Å². The highest BCUT2D eigenvalue weighted by atomic mass is 16.2. The van der Waals surface area contributed by atoms with E-state index < -0.39 is 0 Å². The number of para-hydroxylation sites is 1. The van der Waals surface area contributed by atoms with E-state index >= 15 is 0 Å². The van der Waals surface area contributed by atoms with Gasteiger partial charge in [0.05, 0.1) is 5.69 Å². The Morgan fingerprint density at radius 1 is 1.13 bits per heavy atom. The number of hydrogen-bond donors (Lipinski definition) is 3. The fourth-order valence-corrected chi connectivity index (χ4v) is 3.44. The van der Waals surface area contributed by atoms with Crippen molar-refractivity contribution in [2.75, 3.05) is 43.0 Å². The van der Waals surface area contributed by atoms with Gasteiger partial charge in [-0.3, -0.25) is 5.32 Å². The van der Waals surface area contributed by atoms with Crippen molar-refractivity contribution in [3.63, 3.8) is 0 Å². The van der Waals surface area contributed by atoms with Gasteiger partial charge in [-0.05, 0) is 30.7 Å². The Morgan fingerprint density at radius 3 is 2.71 bits per heavy atom. The van der Waals surface area contributed by atoms with Gasteiger partial charge in [0.2, 0.25) is 5.95 Å². The zero-order valence-electron chi connectivity index (χ0n) is 17.7. The van der Waals surface area contributed by atoms with Crippen LogP contribution >= 0.6 is 0 Å². The molecule has 1 aliphatic rings. The van der Waals surface area contributed by atoms with E-state index in [9.17, 15) is 4.79 Å². The second-order valence-electron chi connectivity index (χ2n) is 7.36. The van der Waals surface area contributed by atoms with Crippen molar-refractivity contribution in [1.29, 1.82) is 0 Å². The molecule has 162 valence electrons. The van der Waals surface area contributed by atoms with Crippen molar-refractivity contribution in [3.8, 4) is 0 Å². The molecule has 0 bridgehead atoms. The smallest absolute Gasteiger partial charge is 0.320 e. The summed E-state index contributed by atoms with van der Waals surface area (Å²) in [4.78, 5) is 26.0. The summed E-state index contributed by atoms with van der Waals surface area (Å²) in [6, 6.07) is 13.4. The number of nitrogens with one attached hydrogen (secondary N) is 3. The molecule has 31 heavy (non-hydrogen) atoms. The van der Waals surface area contributed by atoms with Crippen LogP contribution in [0.25, 0.3) is 11.0 Å². The van der Waals surface area contributed by atoms with Crippen LogP contribution in [-0.2, 0) is 0 Å². The first kappa shape index (κ1) is 21.0. The van der Waals surface area contributed by atoms with Gasteiger partial charge < -0.3 is 10.6 Å². The van der Waals surface area contributed by atoms with E-state index in [-0.39, 0.29) is 6.03 Å². The molecule has 0 atom stereocenters. The summed E-state index contributed by atoms with van der Waals surface area (Å²) in [6.45, 7) is 6.22. The van der Waals surface area contributed by atoms with Gasteiger partial charge in [-0.25, -0.2) is 24.8 Å². The Labute approximate surface area is 181 Å². The van der Waals surface area contributed by atoms with E-state index in [0.29, 0.717) is 24.0 Å². The molecule has 3 heterocycles. The molecule has 9 heteroatoms. The summed E-state index contributed by atoms with van der Waals surface area (Å²) in [7, 11) is 0. The standard InChI is InChI=1S/C22H28N8O/c1-2-3-11-24-22(31)27-19-10-9-17-16-25-21(28-20(17)26-19)30(18-7-5-4-6-8-18)29-14-12-23-13-15-29/h4-10,16,23H,2-3,11-15H2,1H3,(H2,24,25,26,27,28,31). The zero-order chi connectivity index (χ0) is 21.5. The second-order valence-corrected chi connectivity index (χ2v) is 7.36. The molecule has 1 saturated heterocycles. The van der Waals surface area contributed by atoms with Crippen molar-refractivity contribution >= 4 is 34.5 Å². The number of piperazine rings is 1. The second kappa shape index (κ2) is 10.1. The fraction of sp³-hybridized carbons (Fsp3) is 0.364. The third-order valence-corrected chi connectivity index (χ3v) is 5.05. The quantitative estimate of drug-likeness (QED) is 0.506. The van der Waals surface area contributed by atoms with E-state index in [2.05, 4.69) is 37.9 Å². The molecular weight excluding hydrogens is 392 g/mol. The van der Waals surface area contributed by atoms with E-state index in [0.717, 1.165) is 50.1 Å². The minimum atomic E-state index is -0.263. The maximum absolute atomic E-state index is 12.1. The van der Waals surface area contributed by atoms with Crippen molar-refractivity contribution in [3.05, 3.63) is 48.7 Å². The van der Waals surface area contributed by atoms with Gasteiger partial charge in [-0.2, -0.15) is 4.98 Å². The van der Waals surface area contributed by atoms with Gasteiger partial charge in [-0.15, -0.1) is 0 Å². The normalized spacial score (nSPS) is 14.4. The Morgan fingerprint density at radius 2 is 1.94 bits per heavy atom. The molecule has 0 aliphatic carbocycles. The Kier molecular flexibility index (Phi) is 6.85. The molecule has 1 aliphatic heterocycles. The average molecular weight is 421 g/mol. The van der Waals surface area contributed by atoms with Crippen LogP contribution in [0, 0.1) is 0 Å². The number of carbonyl (C=O) groups is 1. The number of rotatable bonds is 7. The van der Waals surface area contributed by atoms with Gasteiger partial charge in [0, 0.05) is 44.3 Å². The lowest BCUT2D eigenvalue weighted by molar-refractivity contribution is 0.240. The summed E-state index contributed by atoms with van der Waals surface area (Å²) < 4.78 is 0. The summed E-state index contributed by atoms with van der Waals surface area (Å²) >= 11 is 0. The highest BCUT2D eigenvalue weighted by molar-refractivity contribution is 5.89. The van der Waals surface area contributed by atoms with Crippen LogP contribution in [0.4, 0.5) is 22.2 Å². The van der Waals surface area contributed by atoms with Crippen molar-refractivity contribution < 1.29 is 4.79 Å². The number of anilines is 3. The van der Waals surface area contributed by atoms with Crippen LogP contribution in [-0.4, -0.2) is 58.7 Å². The maximum atomic E-state index is 12.1. The molecule has 0 unspecified atom stereocenters. The maximum Gasteiger partial charge on any atom is 0.320 e. The van der Waals surface area contributed by atoms with Crippen molar-refractivity contribution in [1.82, 2.24) is 30.6 Å². The molecule has 3 N–H and O–H groups in total. The number of amides is 2. The lowest BCUT2D eigenvalue weighted by Gasteiger charge is -2.37. The third kappa shape index (κ3) is 5.25. The molecule has 1 fully saturated rings. The largest absolute Gasteiger partial charge is 0.338 e. The van der Waals surface area contributed by atoms with E-state index in [4.69, 9.17) is 4.98 Å². The van der Waals surface area contributed by atoms with Crippen molar-refractivity contribution in [2.45, 2.75) is 19.8 Å². The number of hydrazine groups is 1. The molecule has 0 saturated carbocycles. The summed E-state index contributed by atoms with van der Waals surface area (Å²) in [5.41, 5.74) is 1.53. The summed E-state index contributed by atoms with van der Waals surface area (Å²) in [5, 5.41) is 14.1.